The van der Waals surface area contributed by atoms with Crippen LogP contribution in [0.4, 0.5) is 13.2 Å². The fourth-order valence-corrected chi connectivity index (χ4v) is 3.03. The zero-order valence-corrected chi connectivity index (χ0v) is 15.0. The van der Waals surface area contributed by atoms with Gasteiger partial charge in [-0.15, -0.1) is 11.8 Å². The first-order valence-corrected chi connectivity index (χ1v) is 9.04. The first-order chi connectivity index (χ1) is 11.3. The molecule has 2 aromatic carbocycles. The summed E-state index contributed by atoms with van der Waals surface area (Å²) >= 11 is 4.81. The molecule has 0 saturated heterocycles. The number of hydrogen-bond acceptors (Lipinski definition) is 2. The zero-order valence-electron chi connectivity index (χ0n) is 12.6. The molecule has 2 rings (SSSR count). The molecule has 0 heterocycles. The Hall–Kier alpha value is -1.47. The summed E-state index contributed by atoms with van der Waals surface area (Å²) in [5, 5.41) is 2.64. The highest BCUT2D eigenvalue weighted by Gasteiger charge is 2.30. The lowest BCUT2D eigenvalue weighted by Gasteiger charge is -2.09. The summed E-state index contributed by atoms with van der Waals surface area (Å²) in [4.78, 5) is 11.8. The fraction of sp³-hybridized carbons (Fsp3) is 0.235. The maximum absolute atomic E-state index is 12.6. The second-order valence-corrected chi connectivity index (χ2v) is 7.00. The van der Waals surface area contributed by atoms with Crippen LogP contribution in [0.3, 0.4) is 0 Å². The van der Waals surface area contributed by atoms with Gasteiger partial charge < -0.3 is 5.32 Å². The van der Waals surface area contributed by atoms with Crippen molar-refractivity contribution in [3.63, 3.8) is 0 Å². The Morgan fingerprint density at radius 3 is 2.46 bits per heavy atom. The molecule has 0 aromatic heterocycles. The molecule has 0 atom stereocenters. The molecule has 1 N–H and O–H groups in total. The van der Waals surface area contributed by atoms with Gasteiger partial charge in [0.25, 0.3) is 0 Å². The topological polar surface area (TPSA) is 29.1 Å². The first kappa shape index (κ1) is 18.9. The summed E-state index contributed by atoms with van der Waals surface area (Å²) in [6, 6.07) is 12.8. The highest BCUT2D eigenvalue weighted by molar-refractivity contribution is 9.10. The van der Waals surface area contributed by atoms with Crippen molar-refractivity contribution in [3.05, 3.63) is 69.7 Å². The van der Waals surface area contributed by atoms with E-state index < -0.39 is 11.7 Å². The molecule has 24 heavy (non-hydrogen) atoms. The number of carbonyl (C=O) groups excluding carboxylic acids is 1. The molecule has 2 nitrogen and oxygen atoms in total. The molecule has 0 fully saturated rings. The van der Waals surface area contributed by atoms with Crippen LogP contribution in [0.15, 0.2) is 53.0 Å². The third-order valence-corrected chi connectivity index (χ3v) is 4.69. The van der Waals surface area contributed by atoms with E-state index in [-0.39, 0.29) is 18.2 Å². The minimum Gasteiger partial charge on any atom is -0.351 e. The molecule has 0 saturated carbocycles. The van der Waals surface area contributed by atoms with Gasteiger partial charge in [0, 0.05) is 16.8 Å². The van der Waals surface area contributed by atoms with Gasteiger partial charge in [-0.3, -0.25) is 4.79 Å². The van der Waals surface area contributed by atoms with Gasteiger partial charge in [0.1, 0.15) is 0 Å². The minimum atomic E-state index is -4.37. The van der Waals surface area contributed by atoms with Crippen molar-refractivity contribution in [1.29, 1.82) is 0 Å². The van der Waals surface area contributed by atoms with Crippen LogP contribution >= 0.6 is 27.7 Å². The van der Waals surface area contributed by atoms with Crippen LogP contribution in [0.25, 0.3) is 0 Å². The molecule has 7 heteroatoms. The van der Waals surface area contributed by atoms with Crippen LogP contribution in [0.2, 0.25) is 0 Å². The number of benzene rings is 2. The molecule has 0 radical (unpaired) electrons. The maximum atomic E-state index is 12.6. The minimum absolute atomic E-state index is 0.0849. The summed E-state index contributed by atoms with van der Waals surface area (Å²) in [5.74, 6) is 0.758. The van der Waals surface area contributed by atoms with Crippen molar-refractivity contribution in [2.75, 3.05) is 5.75 Å². The molecule has 0 aliphatic carbocycles. The van der Waals surface area contributed by atoms with Gasteiger partial charge in [-0.25, -0.2) is 0 Å². The van der Waals surface area contributed by atoms with Crippen LogP contribution in [0.1, 0.15) is 16.7 Å². The molecule has 0 aliphatic rings. The lowest BCUT2D eigenvalue weighted by atomic mass is 10.1. The van der Waals surface area contributed by atoms with Crippen LogP contribution in [-0.4, -0.2) is 11.7 Å². The number of nitrogens with one attached hydrogen (secondary N) is 1. The third kappa shape index (κ3) is 6.20. The van der Waals surface area contributed by atoms with E-state index >= 15 is 0 Å². The van der Waals surface area contributed by atoms with E-state index in [2.05, 4.69) is 21.2 Å². The van der Waals surface area contributed by atoms with Crippen molar-refractivity contribution in [2.24, 2.45) is 0 Å². The van der Waals surface area contributed by atoms with E-state index in [0.29, 0.717) is 11.3 Å². The largest absolute Gasteiger partial charge is 0.416 e. The summed E-state index contributed by atoms with van der Waals surface area (Å²) < 4.78 is 38.9. The Morgan fingerprint density at radius 1 is 1.08 bits per heavy atom. The lowest BCUT2D eigenvalue weighted by molar-refractivity contribution is -0.137. The maximum Gasteiger partial charge on any atom is 0.416 e. The molecule has 0 aliphatic heterocycles. The number of carbonyl (C=O) groups is 1. The van der Waals surface area contributed by atoms with E-state index in [1.807, 2.05) is 24.3 Å². The number of halogens is 4. The van der Waals surface area contributed by atoms with E-state index in [4.69, 9.17) is 0 Å². The first-order valence-electron chi connectivity index (χ1n) is 7.09. The average Bonchev–Trinajstić information content (AvgIpc) is 2.54. The van der Waals surface area contributed by atoms with E-state index in [9.17, 15) is 18.0 Å². The van der Waals surface area contributed by atoms with Crippen LogP contribution in [-0.2, 0) is 23.3 Å². The van der Waals surface area contributed by atoms with Gasteiger partial charge in [-0.2, -0.15) is 13.2 Å². The van der Waals surface area contributed by atoms with Crippen molar-refractivity contribution in [1.82, 2.24) is 5.32 Å². The predicted octanol–water partition coefficient (Wildman–Crippen LogP) is 5.02. The number of amides is 1. The van der Waals surface area contributed by atoms with Crippen LogP contribution in [0, 0.1) is 0 Å². The van der Waals surface area contributed by atoms with Gasteiger partial charge in [0.2, 0.25) is 5.91 Å². The Balaban J connectivity index is 1.76. The second kappa shape index (κ2) is 8.58. The van der Waals surface area contributed by atoms with Gasteiger partial charge in [-0.05, 0) is 35.4 Å². The van der Waals surface area contributed by atoms with Gasteiger partial charge in [0.05, 0.1) is 11.3 Å². The van der Waals surface area contributed by atoms with Crippen LogP contribution in [0.5, 0.6) is 0 Å². The summed E-state index contributed by atoms with van der Waals surface area (Å²) in [6.07, 6.45) is -4.37. The van der Waals surface area contributed by atoms with E-state index in [0.717, 1.165) is 22.2 Å². The standard InChI is InChI=1S/C17H15BrF3NOS/c18-15-6-4-12(5-7-15)10-24-11-16(23)22-9-13-2-1-3-14(8-13)17(19,20)21/h1-8H,9-11H2,(H,22,23). The molecular weight excluding hydrogens is 403 g/mol. The lowest BCUT2D eigenvalue weighted by Crippen LogP contribution is -2.24. The summed E-state index contributed by atoms with van der Waals surface area (Å²) in [7, 11) is 0. The molecular formula is C17H15BrF3NOS. The van der Waals surface area contributed by atoms with Gasteiger partial charge in [-0.1, -0.05) is 40.2 Å². The molecule has 128 valence electrons. The van der Waals surface area contributed by atoms with E-state index in [1.165, 1.54) is 17.8 Å². The summed E-state index contributed by atoms with van der Waals surface area (Å²) in [6.45, 7) is 0.0849. The van der Waals surface area contributed by atoms with Crippen molar-refractivity contribution in [2.45, 2.75) is 18.5 Å². The molecule has 0 spiro atoms. The second-order valence-electron chi connectivity index (χ2n) is 5.09. The molecule has 1 amide bonds. The number of hydrogen-bond donors (Lipinski definition) is 1. The molecule has 0 unspecified atom stereocenters. The number of rotatable bonds is 6. The Morgan fingerprint density at radius 2 is 1.79 bits per heavy atom. The normalized spacial score (nSPS) is 11.3. The van der Waals surface area contributed by atoms with Gasteiger partial charge in [0.15, 0.2) is 0 Å². The summed E-state index contributed by atoms with van der Waals surface area (Å²) in [5.41, 5.74) is 0.823. The Labute approximate surface area is 151 Å². The van der Waals surface area contributed by atoms with Crippen molar-refractivity contribution < 1.29 is 18.0 Å². The predicted molar refractivity (Wildman–Crippen MR) is 93.6 cm³/mol. The molecule has 0 bridgehead atoms. The van der Waals surface area contributed by atoms with Gasteiger partial charge >= 0.3 is 6.18 Å². The highest BCUT2D eigenvalue weighted by Crippen LogP contribution is 2.29. The number of thioether (sulfide) groups is 1. The van der Waals surface area contributed by atoms with Crippen molar-refractivity contribution >= 4 is 33.6 Å². The highest BCUT2D eigenvalue weighted by atomic mass is 79.9. The molecule has 2 aromatic rings. The average molecular weight is 418 g/mol. The Bertz CT molecular complexity index is 689. The smallest absolute Gasteiger partial charge is 0.351 e. The SMILES string of the molecule is O=C(CSCc1ccc(Br)cc1)NCc1cccc(C(F)(F)F)c1. The Kier molecular flexibility index (Phi) is 6.74. The van der Waals surface area contributed by atoms with E-state index in [1.54, 1.807) is 6.07 Å². The third-order valence-electron chi connectivity index (χ3n) is 3.16. The monoisotopic (exact) mass is 417 g/mol. The fourth-order valence-electron chi connectivity index (χ4n) is 1.95. The number of alkyl halides is 3. The quantitative estimate of drug-likeness (QED) is 0.714. The van der Waals surface area contributed by atoms with Crippen molar-refractivity contribution in [3.8, 4) is 0 Å². The zero-order chi connectivity index (χ0) is 17.6. The van der Waals surface area contributed by atoms with Crippen LogP contribution < -0.4 is 5.32 Å².